The van der Waals surface area contributed by atoms with E-state index < -0.39 is 0 Å². The summed E-state index contributed by atoms with van der Waals surface area (Å²) in [4.78, 5) is 17.6. The van der Waals surface area contributed by atoms with E-state index in [1.165, 1.54) is 19.3 Å². The van der Waals surface area contributed by atoms with Crippen molar-refractivity contribution in [3.63, 3.8) is 0 Å². The predicted octanol–water partition coefficient (Wildman–Crippen LogP) is 5.04. The Morgan fingerprint density at radius 1 is 1.09 bits per heavy atom. The van der Waals surface area contributed by atoms with Gasteiger partial charge in [-0.25, -0.2) is 0 Å². The minimum atomic E-state index is -0.0948. The monoisotopic (exact) mass is 460 g/mol. The largest absolute Gasteiger partial charge is 0.489 e. The van der Waals surface area contributed by atoms with Crippen LogP contribution in [0.5, 0.6) is 5.75 Å². The van der Waals surface area contributed by atoms with Crippen molar-refractivity contribution in [2.75, 3.05) is 26.2 Å². The van der Waals surface area contributed by atoms with Gasteiger partial charge in [0.15, 0.2) is 5.76 Å². The van der Waals surface area contributed by atoms with Gasteiger partial charge in [0.05, 0.1) is 17.2 Å². The number of hydrogen-bond donors (Lipinski definition) is 0. The number of aryl methyl sites for hydroxylation is 1. The van der Waals surface area contributed by atoms with Crippen LogP contribution in [0.4, 0.5) is 0 Å². The Hall–Kier alpha value is -1.76. The SMILES string of the molecule is Cc1c(C(=O)N2CC(C)OC(C)C2)oc2cc(OC3CCN(C4CCC4)CC3)c(Cl)cc12. The quantitative estimate of drug-likeness (QED) is 0.639. The van der Waals surface area contributed by atoms with E-state index in [1.54, 1.807) is 0 Å². The Bertz CT molecular complexity index is 983. The highest BCUT2D eigenvalue weighted by atomic mass is 35.5. The Morgan fingerprint density at radius 2 is 1.78 bits per heavy atom. The topological polar surface area (TPSA) is 55.2 Å². The molecule has 2 saturated heterocycles. The fourth-order valence-electron chi connectivity index (χ4n) is 5.29. The molecule has 0 radical (unpaired) electrons. The molecule has 7 heteroatoms. The number of rotatable bonds is 4. The van der Waals surface area contributed by atoms with Gasteiger partial charge in [-0.2, -0.15) is 0 Å². The van der Waals surface area contributed by atoms with Crippen LogP contribution in [0.2, 0.25) is 5.02 Å². The Morgan fingerprint density at radius 3 is 2.41 bits per heavy atom. The van der Waals surface area contributed by atoms with Crippen LogP contribution in [0.25, 0.3) is 11.0 Å². The average Bonchev–Trinajstić information content (AvgIpc) is 3.03. The first-order valence-electron chi connectivity index (χ1n) is 12.0. The molecule has 2 unspecified atom stereocenters. The van der Waals surface area contributed by atoms with Gasteiger partial charge in [0.25, 0.3) is 5.91 Å². The molecule has 3 fully saturated rings. The molecule has 3 heterocycles. The van der Waals surface area contributed by atoms with Crippen LogP contribution in [-0.4, -0.2) is 66.2 Å². The molecule has 2 aliphatic heterocycles. The van der Waals surface area contributed by atoms with E-state index in [0.29, 0.717) is 35.2 Å². The van der Waals surface area contributed by atoms with Gasteiger partial charge >= 0.3 is 0 Å². The number of carbonyl (C=O) groups is 1. The van der Waals surface area contributed by atoms with Gasteiger partial charge in [-0.15, -0.1) is 0 Å². The van der Waals surface area contributed by atoms with Gasteiger partial charge in [-0.3, -0.25) is 4.79 Å². The molecule has 1 aromatic heterocycles. The van der Waals surface area contributed by atoms with Crippen molar-refractivity contribution in [2.45, 2.75) is 77.2 Å². The number of furan rings is 1. The molecule has 5 rings (SSSR count). The second-order valence-corrected chi connectivity index (χ2v) is 10.1. The van der Waals surface area contributed by atoms with Crippen molar-refractivity contribution < 1.29 is 18.7 Å². The average molecular weight is 461 g/mol. The standard InChI is InChI=1S/C25H33ClN2O4/c1-15-13-28(14-16(2)30-15)25(29)24-17(3)20-11-21(26)23(12-22(20)32-24)31-19-7-9-27(10-8-19)18-5-4-6-18/h11-12,15-16,18-19H,4-10,13-14H2,1-3H3. The van der Waals surface area contributed by atoms with E-state index in [0.717, 1.165) is 42.9 Å². The van der Waals surface area contributed by atoms with Crippen LogP contribution in [0.15, 0.2) is 16.5 Å². The molecular formula is C25H33ClN2O4. The number of nitrogens with zero attached hydrogens (tertiary/aromatic N) is 2. The van der Waals surface area contributed by atoms with E-state index in [-0.39, 0.29) is 24.2 Å². The van der Waals surface area contributed by atoms with Crippen LogP contribution in [-0.2, 0) is 4.74 Å². The van der Waals surface area contributed by atoms with E-state index in [4.69, 9.17) is 25.5 Å². The Balaban J connectivity index is 1.32. The zero-order valence-electron chi connectivity index (χ0n) is 19.2. The lowest BCUT2D eigenvalue weighted by atomic mass is 9.90. The molecular weight excluding hydrogens is 428 g/mol. The number of morpholine rings is 1. The summed E-state index contributed by atoms with van der Waals surface area (Å²) in [6, 6.07) is 4.51. The molecule has 3 aliphatic rings. The number of fused-ring (bicyclic) bond motifs is 1. The molecule has 6 nitrogen and oxygen atoms in total. The van der Waals surface area contributed by atoms with E-state index >= 15 is 0 Å². The van der Waals surface area contributed by atoms with Gasteiger partial charge in [0.1, 0.15) is 17.4 Å². The maximum Gasteiger partial charge on any atom is 0.290 e. The van der Waals surface area contributed by atoms with E-state index in [2.05, 4.69) is 4.90 Å². The summed E-state index contributed by atoms with van der Waals surface area (Å²) in [5.41, 5.74) is 1.46. The molecule has 1 saturated carbocycles. The van der Waals surface area contributed by atoms with Gasteiger partial charge < -0.3 is 23.7 Å². The summed E-state index contributed by atoms with van der Waals surface area (Å²) in [6.45, 7) is 9.19. The van der Waals surface area contributed by atoms with Crippen molar-refractivity contribution in [3.8, 4) is 5.75 Å². The number of amides is 1. The lowest BCUT2D eigenvalue weighted by Crippen LogP contribution is -2.48. The third-order valence-corrected chi connectivity index (χ3v) is 7.55. The number of ether oxygens (including phenoxy) is 2. The van der Waals surface area contributed by atoms with Gasteiger partial charge in [0, 0.05) is 49.2 Å². The first-order valence-corrected chi connectivity index (χ1v) is 12.3. The highest BCUT2D eigenvalue weighted by molar-refractivity contribution is 6.33. The maximum atomic E-state index is 13.2. The number of halogens is 1. The molecule has 2 aromatic rings. The summed E-state index contributed by atoms with van der Waals surface area (Å²) in [7, 11) is 0. The highest BCUT2D eigenvalue weighted by Gasteiger charge is 2.31. The number of piperidine rings is 1. The number of carbonyl (C=O) groups excluding carboxylic acids is 1. The predicted molar refractivity (Wildman–Crippen MR) is 125 cm³/mol. The summed E-state index contributed by atoms with van der Waals surface area (Å²) >= 11 is 6.59. The fraction of sp³-hybridized carbons (Fsp3) is 0.640. The normalized spacial score (nSPS) is 25.8. The number of hydrogen-bond acceptors (Lipinski definition) is 5. The number of likely N-dealkylation sites (tertiary alicyclic amines) is 1. The highest BCUT2D eigenvalue weighted by Crippen LogP contribution is 2.37. The minimum absolute atomic E-state index is 0.0116. The van der Waals surface area contributed by atoms with Gasteiger partial charge in [0.2, 0.25) is 0 Å². The lowest BCUT2D eigenvalue weighted by Gasteiger charge is -2.41. The summed E-state index contributed by atoms with van der Waals surface area (Å²) < 4.78 is 18.1. The Labute approximate surface area is 194 Å². The molecule has 0 bridgehead atoms. The molecule has 174 valence electrons. The van der Waals surface area contributed by atoms with E-state index in [9.17, 15) is 4.79 Å². The third-order valence-electron chi connectivity index (χ3n) is 7.25. The van der Waals surface area contributed by atoms with Crippen LogP contribution in [0, 0.1) is 6.92 Å². The Kier molecular flexibility index (Phi) is 6.12. The second kappa shape index (κ2) is 8.88. The van der Waals surface area contributed by atoms with Crippen molar-refractivity contribution in [3.05, 3.63) is 28.5 Å². The first kappa shape index (κ1) is 22.1. The van der Waals surface area contributed by atoms with Crippen molar-refractivity contribution in [2.24, 2.45) is 0 Å². The molecule has 0 N–H and O–H groups in total. The molecule has 1 aromatic carbocycles. The fourth-order valence-corrected chi connectivity index (χ4v) is 5.50. The summed E-state index contributed by atoms with van der Waals surface area (Å²) in [5, 5.41) is 1.43. The first-order chi connectivity index (χ1) is 15.4. The third kappa shape index (κ3) is 4.25. The maximum absolute atomic E-state index is 13.2. The van der Waals surface area contributed by atoms with Crippen LogP contribution < -0.4 is 4.74 Å². The smallest absolute Gasteiger partial charge is 0.290 e. The van der Waals surface area contributed by atoms with Gasteiger partial charge in [-0.1, -0.05) is 18.0 Å². The van der Waals surface area contributed by atoms with Crippen molar-refractivity contribution >= 4 is 28.5 Å². The van der Waals surface area contributed by atoms with E-state index in [1.807, 2.05) is 37.8 Å². The lowest BCUT2D eigenvalue weighted by molar-refractivity contribution is -0.0592. The second-order valence-electron chi connectivity index (χ2n) is 9.74. The zero-order chi connectivity index (χ0) is 22.4. The zero-order valence-corrected chi connectivity index (χ0v) is 20.0. The van der Waals surface area contributed by atoms with Crippen molar-refractivity contribution in [1.29, 1.82) is 0 Å². The van der Waals surface area contributed by atoms with Gasteiger partial charge in [-0.05, 0) is 52.5 Å². The van der Waals surface area contributed by atoms with Crippen LogP contribution in [0.1, 0.15) is 62.1 Å². The number of benzene rings is 1. The molecule has 1 aliphatic carbocycles. The molecule has 1 amide bonds. The van der Waals surface area contributed by atoms with Crippen LogP contribution in [0.3, 0.4) is 0 Å². The molecule has 0 spiro atoms. The summed E-state index contributed by atoms with van der Waals surface area (Å²) in [5.74, 6) is 0.925. The van der Waals surface area contributed by atoms with Crippen molar-refractivity contribution in [1.82, 2.24) is 9.80 Å². The molecule has 2 atom stereocenters. The summed E-state index contributed by atoms with van der Waals surface area (Å²) in [6.07, 6.45) is 6.26. The minimum Gasteiger partial charge on any atom is -0.489 e. The molecule has 32 heavy (non-hydrogen) atoms. The van der Waals surface area contributed by atoms with Crippen LogP contribution >= 0.6 is 11.6 Å².